The number of benzene rings is 2. The molecule has 0 fully saturated rings. The molecule has 0 radical (unpaired) electrons. The molecule has 4 rings (SSSR count). The van der Waals surface area contributed by atoms with E-state index in [2.05, 4.69) is 10.3 Å². The summed E-state index contributed by atoms with van der Waals surface area (Å²) in [7, 11) is 0. The topological polar surface area (TPSA) is 73.6 Å². The summed E-state index contributed by atoms with van der Waals surface area (Å²) in [5.74, 6) is 2.06. The summed E-state index contributed by atoms with van der Waals surface area (Å²) >= 11 is 6.18. The van der Waals surface area contributed by atoms with Crippen LogP contribution in [0.2, 0.25) is 5.02 Å². The number of hydrogen-bond donors (Lipinski definition) is 1. The highest BCUT2D eigenvalue weighted by Gasteiger charge is 2.18. The third kappa shape index (κ3) is 3.23. The second kappa shape index (κ2) is 6.72. The quantitative estimate of drug-likeness (QED) is 0.744. The number of halogens is 1. The van der Waals surface area contributed by atoms with Gasteiger partial charge in [-0.3, -0.25) is 4.79 Å². The molecule has 1 aliphatic heterocycles. The van der Waals surface area contributed by atoms with Crippen molar-refractivity contribution in [1.29, 1.82) is 0 Å². The van der Waals surface area contributed by atoms with Crippen molar-refractivity contribution in [1.82, 2.24) is 4.98 Å². The van der Waals surface area contributed by atoms with Gasteiger partial charge < -0.3 is 19.2 Å². The SMILES string of the molecule is Cc1oc(-c2ccccc2Cl)nc1CC(=O)Nc1ccc2c(c1)OCO2. The van der Waals surface area contributed by atoms with E-state index in [4.69, 9.17) is 25.5 Å². The summed E-state index contributed by atoms with van der Waals surface area (Å²) in [5, 5.41) is 3.37. The van der Waals surface area contributed by atoms with Crippen molar-refractivity contribution >= 4 is 23.2 Å². The summed E-state index contributed by atoms with van der Waals surface area (Å²) in [5.41, 5.74) is 1.89. The Hall–Kier alpha value is -2.99. The third-order valence-corrected chi connectivity index (χ3v) is 4.31. The zero-order chi connectivity index (χ0) is 18.1. The van der Waals surface area contributed by atoms with Gasteiger partial charge in [0.15, 0.2) is 11.5 Å². The average molecular weight is 371 g/mol. The lowest BCUT2D eigenvalue weighted by Gasteiger charge is -2.05. The summed E-state index contributed by atoms with van der Waals surface area (Å²) < 4.78 is 16.2. The Bertz CT molecular complexity index is 983. The number of nitrogens with zero attached hydrogens (tertiary/aromatic N) is 1. The Morgan fingerprint density at radius 2 is 2.00 bits per heavy atom. The van der Waals surface area contributed by atoms with E-state index < -0.39 is 0 Å². The average Bonchev–Trinajstić information content (AvgIpc) is 3.22. The molecule has 0 spiro atoms. The largest absolute Gasteiger partial charge is 0.454 e. The molecule has 1 aliphatic rings. The number of aryl methyl sites for hydroxylation is 1. The van der Waals surface area contributed by atoms with Crippen molar-refractivity contribution in [2.24, 2.45) is 0 Å². The van der Waals surface area contributed by atoms with Gasteiger partial charge in [0.2, 0.25) is 18.6 Å². The van der Waals surface area contributed by atoms with Crippen LogP contribution in [-0.2, 0) is 11.2 Å². The minimum absolute atomic E-state index is 0.0915. The van der Waals surface area contributed by atoms with E-state index in [-0.39, 0.29) is 19.1 Å². The zero-order valence-electron chi connectivity index (χ0n) is 13.9. The minimum atomic E-state index is -0.203. The predicted molar refractivity (Wildman–Crippen MR) is 96.6 cm³/mol. The van der Waals surface area contributed by atoms with Crippen LogP contribution >= 0.6 is 11.6 Å². The van der Waals surface area contributed by atoms with Crippen LogP contribution in [0.4, 0.5) is 5.69 Å². The normalized spacial score (nSPS) is 12.2. The Morgan fingerprint density at radius 3 is 2.85 bits per heavy atom. The lowest BCUT2D eigenvalue weighted by molar-refractivity contribution is -0.115. The fourth-order valence-electron chi connectivity index (χ4n) is 2.67. The monoisotopic (exact) mass is 370 g/mol. The smallest absolute Gasteiger partial charge is 0.231 e. The van der Waals surface area contributed by atoms with Gasteiger partial charge in [-0.25, -0.2) is 4.98 Å². The Morgan fingerprint density at radius 1 is 1.19 bits per heavy atom. The van der Waals surface area contributed by atoms with E-state index in [1.54, 1.807) is 31.2 Å². The van der Waals surface area contributed by atoms with Gasteiger partial charge in [0.1, 0.15) is 5.76 Å². The van der Waals surface area contributed by atoms with E-state index >= 15 is 0 Å². The zero-order valence-corrected chi connectivity index (χ0v) is 14.7. The maximum absolute atomic E-state index is 12.4. The lowest BCUT2D eigenvalue weighted by atomic mass is 10.2. The lowest BCUT2D eigenvalue weighted by Crippen LogP contribution is -2.15. The predicted octanol–water partition coefficient (Wildman–Crippen LogP) is 4.21. The molecule has 1 N–H and O–H groups in total. The van der Waals surface area contributed by atoms with Gasteiger partial charge in [0.25, 0.3) is 0 Å². The number of nitrogens with one attached hydrogen (secondary N) is 1. The third-order valence-electron chi connectivity index (χ3n) is 3.98. The van der Waals surface area contributed by atoms with E-state index in [1.165, 1.54) is 0 Å². The highest BCUT2D eigenvalue weighted by Crippen LogP contribution is 2.34. The maximum Gasteiger partial charge on any atom is 0.231 e. The number of anilines is 1. The number of hydrogen-bond acceptors (Lipinski definition) is 5. The summed E-state index contributed by atoms with van der Waals surface area (Å²) in [6.07, 6.45) is 0.0915. The van der Waals surface area contributed by atoms with E-state index in [0.717, 1.165) is 0 Å². The molecule has 7 heteroatoms. The summed E-state index contributed by atoms with van der Waals surface area (Å²) in [6.45, 7) is 1.96. The number of aromatic nitrogens is 1. The second-order valence-electron chi connectivity index (χ2n) is 5.79. The fourth-order valence-corrected chi connectivity index (χ4v) is 2.89. The number of fused-ring (bicyclic) bond motifs is 1. The van der Waals surface area contributed by atoms with Crippen molar-refractivity contribution in [2.75, 3.05) is 12.1 Å². The van der Waals surface area contributed by atoms with E-state index in [9.17, 15) is 4.79 Å². The van der Waals surface area contributed by atoms with Crippen molar-refractivity contribution in [3.63, 3.8) is 0 Å². The van der Waals surface area contributed by atoms with Gasteiger partial charge >= 0.3 is 0 Å². The molecule has 2 heterocycles. The van der Waals surface area contributed by atoms with Crippen LogP contribution in [0.5, 0.6) is 11.5 Å². The summed E-state index contributed by atoms with van der Waals surface area (Å²) in [6, 6.07) is 12.5. The molecule has 0 saturated carbocycles. The van der Waals surface area contributed by atoms with Gasteiger partial charge in [-0.05, 0) is 31.2 Å². The highest BCUT2D eigenvalue weighted by atomic mass is 35.5. The molecule has 132 valence electrons. The van der Waals surface area contributed by atoms with Gasteiger partial charge in [0, 0.05) is 11.8 Å². The van der Waals surface area contributed by atoms with Crippen molar-refractivity contribution in [2.45, 2.75) is 13.3 Å². The first-order valence-electron chi connectivity index (χ1n) is 8.01. The first-order valence-corrected chi connectivity index (χ1v) is 8.38. The molecule has 0 aliphatic carbocycles. The first kappa shape index (κ1) is 16.5. The number of ether oxygens (including phenoxy) is 2. The molecule has 0 atom stereocenters. The van der Waals surface area contributed by atoms with Crippen molar-refractivity contribution < 1.29 is 18.7 Å². The van der Waals surface area contributed by atoms with Gasteiger partial charge in [-0.2, -0.15) is 0 Å². The Kier molecular flexibility index (Phi) is 4.26. The number of carbonyl (C=O) groups excluding carboxylic acids is 1. The molecule has 6 nitrogen and oxygen atoms in total. The van der Waals surface area contributed by atoms with Crippen LogP contribution in [0.15, 0.2) is 46.9 Å². The molecule has 3 aromatic rings. The van der Waals surface area contributed by atoms with Crippen LogP contribution in [0.1, 0.15) is 11.5 Å². The van der Waals surface area contributed by atoms with Gasteiger partial charge in [-0.15, -0.1) is 0 Å². The Balaban J connectivity index is 1.49. The fraction of sp³-hybridized carbons (Fsp3) is 0.158. The van der Waals surface area contributed by atoms with Crippen molar-refractivity contribution in [3.05, 3.63) is 58.9 Å². The van der Waals surface area contributed by atoms with Crippen LogP contribution in [0.25, 0.3) is 11.5 Å². The van der Waals surface area contributed by atoms with Crippen LogP contribution in [0.3, 0.4) is 0 Å². The molecule has 0 unspecified atom stereocenters. The van der Waals surface area contributed by atoms with Crippen LogP contribution in [-0.4, -0.2) is 17.7 Å². The minimum Gasteiger partial charge on any atom is -0.454 e. The number of rotatable bonds is 4. The molecule has 0 bridgehead atoms. The van der Waals surface area contributed by atoms with Crippen LogP contribution < -0.4 is 14.8 Å². The maximum atomic E-state index is 12.4. The van der Waals surface area contributed by atoms with Gasteiger partial charge in [0.05, 0.1) is 22.7 Å². The Labute approximate surface area is 154 Å². The van der Waals surface area contributed by atoms with Crippen LogP contribution in [0, 0.1) is 6.92 Å². The van der Waals surface area contributed by atoms with E-state index in [0.29, 0.717) is 45.1 Å². The highest BCUT2D eigenvalue weighted by molar-refractivity contribution is 6.33. The molecule has 26 heavy (non-hydrogen) atoms. The molecular formula is C19H15ClN2O4. The van der Waals surface area contributed by atoms with E-state index in [1.807, 2.05) is 18.2 Å². The molecular weight excluding hydrogens is 356 g/mol. The number of amides is 1. The molecule has 1 aromatic heterocycles. The standard InChI is InChI=1S/C19H15ClN2O4/c1-11-15(22-19(26-11)13-4-2-3-5-14(13)20)9-18(23)21-12-6-7-16-17(8-12)25-10-24-16/h2-8H,9-10H2,1H3,(H,21,23). The van der Waals surface area contributed by atoms with Gasteiger partial charge in [-0.1, -0.05) is 23.7 Å². The summed E-state index contributed by atoms with van der Waals surface area (Å²) in [4.78, 5) is 16.8. The molecule has 1 amide bonds. The second-order valence-corrected chi connectivity index (χ2v) is 6.20. The number of carbonyl (C=O) groups is 1. The first-order chi connectivity index (χ1) is 12.6. The molecule has 0 saturated heterocycles. The van der Waals surface area contributed by atoms with Crippen molar-refractivity contribution in [3.8, 4) is 23.0 Å². The number of oxazole rings is 1. The molecule has 2 aromatic carbocycles.